The zero-order valence-electron chi connectivity index (χ0n) is 32.8. The molecule has 0 saturated carbocycles. The average Bonchev–Trinajstić information content (AvgIpc) is 3.87. The van der Waals surface area contributed by atoms with Crippen LogP contribution in [-0.2, 0) is 32.9 Å². The molecular formula is C42H42Br2Cl2N6O4S4. The highest BCUT2D eigenvalue weighted by Crippen LogP contribution is 2.29. The Morgan fingerprint density at radius 1 is 0.567 bits per heavy atom. The van der Waals surface area contributed by atoms with Crippen LogP contribution in [0.1, 0.15) is 33.6 Å². The van der Waals surface area contributed by atoms with E-state index in [4.69, 9.17) is 33.2 Å². The number of halogens is 4. The van der Waals surface area contributed by atoms with Crippen LogP contribution in [0.15, 0.2) is 114 Å². The van der Waals surface area contributed by atoms with E-state index in [0.717, 1.165) is 42.6 Å². The van der Waals surface area contributed by atoms with E-state index in [9.17, 15) is 16.8 Å². The molecule has 0 spiro atoms. The number of aryl methyl sites for hydroxylation is 2. The zero-order valence-corrected chi connectivity index (χ0v) is 40.7. The van der Waals surface area contributed by atoms with Crippen molar-refractivity contribution in [2.75, 3.05) is 62.2 Å². The summed E-state index contributed by atoms with van der Waals surface area (Å²) in [4.78, 5) is 14.5. The molecule has 4 aromatic carbocycles. The molecule has 0 aliphatic carbocycles. The van der Waals surface area contributed by atoms with E-state index in [-0.39, 0.29) is 0 Å². The van der Waals surface area contributed by atoms with Gasteiger partial charge in [0.1, 0.15) is 0 Å². The molecule has 2 saturated heterocycles. The minimum Gasteiger partial charge on any atom is -0.345 e. The van der Waals surface area contributed by atoms with Crippen LogP contribution in [0.4, 0.5) is 10.3 Å². The number of sulfonamides is 2. The zero-order chi connectivity index (χ0) is 42.6. The number of nitrogens with zero attached hydrogens (tertiary/aromatic N) is 6. The van der Waals surface area contributed by atoms with Gasteiger partial charge in [-0.05, 0) is 79.6 Å². The lowest BCUT2D eigenvalue weighted by Gasteiger charge is -2.33. The Labute approximate surface area is 387 Å². The molecule has 6 aromatic rings. The van der Waals surface area contributed by atoms with E-state index in [1.807, 2.05) is 29.6 Å². The average molecular weight is 1050 g/mol. The number of thiazole rings is 2. The van der Waals surface area contributed by atoms with Crippen molar-refractivity contribution in [2.45, 2.75) is 36.5 Å². The number of aromatic nitrogens is 2. The van der Waals surface area contributed by atoms with Crippen molar-refractivity contribution >= 4 is 108 Å². The normalized spacial score (nSPS) is 15.5. The second-order valence-electron chi connectivity index (χ2n) is 14.6. The SMILES string of the molecule is Cc1cc(C)cc(Cc2csc(N3CCN(S(=O)(=O)c4cccc(Br)c4)CC3)n2)c1.O=S(=O)(c1cccc(Br)c1)N1CCN(c2nc(Cc3cc(Cl)cc(Cl)c3)cs2)CC1. The molecule has 0 amide bonds. The lowest BCUT2D eigenvalue weighted by Crippen LogP contribution is -2.48. The van der Waals surface area contributed by atoms with E-state index in [1.165, 1.54) is 21.0 Å². The van der Waals surface area contributed by atoms with Gasteiger partial charge in [0.2, 0.25) is 20.0 Å². The van der Waals surface area contributed by atoms with Crippen LogP contribution in [0.5, 0.6) is 0 Å². The van der Waals surface area contributed by atoms with Gasteiger partial charge in [0.15, 0.2) is 10.3 Å². The third-order valence-corrected chi connectivity index (χ3v) is 17.1. The molecule has 10 nitrogen and oxygen atoms in total. The highest BCUT2D eigenvalue weighted by atomic mass is 79.9. The highest BCUT2D eigenvalue weighted by Gasteiger charge is 2.31. The molecule has 0 N–H and O–H groups in total. The molecule has 4 heterocycles. The largest absolute Gasteiger partial charge is 0.345 e. The number of rotatable bonds is 10. The fourth-order valence-electron chi connectivity index (χ4n) is 7.14. The maximum absolute atomic E-state index is 12.9. The van der Waals surface area contributed by atoms with Crippen LogP contribution in [0.2, 0.25) is 10.0 Å². The predicted molar refractivity (Wildman–Crippen MR) is 252 cm³/mol. The van der Waals surface area contributed by atoms with E-state index >= 15 is 0 Å². The van der Waals surface area contributed by atoms with Crippen LogP contribution >= 0.6 is 77.7 Å². The van der Waals surface area contributed by atoms with Crippen molar-refractivity contribution in [2.24, 2.45) is 0 Å². The maximum atomic E-state index is 12.9. The van der Waals surface area contributed by atoms with Gasteiger partial charge >= 0.3 is 0 Å². The molecule has 2 aromatic heterocycles. The summed E-state index contributed by atoms with van der Waals surface area (Å²) in [7, 11) is -6.97. The quantitative estimate of drug-likeness (QED) is 0.134. The summed E-state index contributed by atoms with van der Waals surface area (Å²) in [6.07, 6.45) is 1.46. The first kappa shape index (κ1) is 45.1. The molecule has 60 heavy (non-hydrogen) atoms. The lowest BCUT2D eigenvalue weighted by molar-refractivity contribution is 0.384. The Bertz CT molecular complexity index is 2460. The van der Waals surface area contributed by atoms with Gasteiger partial charge < -0.3 is 9.80 Å². The highest BCUT2D eigenvalue weighted by molar-refractivity contribution is 9.10. The third kappa shape index (κ3) is 11.4. The van der Waals surface area contributed by atoms with Crippen molar-refractivity contribution in [3.8, 4) is 0 Å². The van der Waals surface area contributed by atoms with Crippen molar-refractivity contribution in [1.82, 2.24) is 18.6 Å². The number of hydrogen-bond donors (Lipinski definition) is 0. The van der Waals surface area contributed by atoms with E-state index < -0.39 is 20.0 Å². The fourth-order valence-corrected chi connectivity index (χ4v) is 13.5. The van der Waals surface area contributed by atoms with Crippen LogP contribution in [0, 0.1) is 13.8 Å². The summed E-state index contributed by atoms with van der Waals surface area (Å²) in [6.45, 7) is 8.48. The number of hydrogen-bond acceptors (Lipinski definition) is 10. The Balaban J connectivity index is 0.000000181. The minimum absolute atomic E-state index is 0.307. The van der Waals surface area contributed by atoms with Crippen LogP contribution in [0.25, 0.3) is 0 Å². The van der Waals surface area contributed by atoms with Gasteiger partial charge in [0, 0.05) is 95.0 Å². The monoisotopic (exact) mass is 1050 g/mol. The Hall–Kier alpha value is -2.90. The molecule has 0 radical (unpaired) electrons. The second kappa shape index (κ2) is 19.7. The first-order chi connectivity index (χ1) is 28.6. The summed E-state index contributed by atoms with van der Waals surface area (Å²) in [5, 5.41) is 7.21. The topological polar surface area (TPSA) is 107 Å². The minimum atomic E-state index is -3.50. The van der Waals surface area contributed by atoms with Crippen LogP contribution in [-0.4, -0.2) is 87.8 Å². The lowest BCUT2D eigenvalue weighted by atomic mass is 10.0. The summed E-state index contributed by atoms with van der Waals surface area (Å²) in [5.74, 6) is 0. The molecule has 2 aliphatic heterocycles. The van der Waals surface area contributed by atoms with Gasteiger partial charge in [0.25, 0.3) is 0 Å². The molecule has 18 heteroatoms. The van der Waals surface area contributed by atoms with Crippen molar-refractivity contribution in [3.63, 3.8) is 0 Å². The number of piperazine rings is 2. The van der Waals surface area contributed by atoms with Gasteiger partial charge in [-0.1, -0.05) is 96.5 Å². The second-order valence-corrected chi connectivity index (χ2v) is 22.8. The molecular weight excluding hydrogens is 1010 g/mol. The van der Waals surface area contributed by atoms with Crippen LogP contribution < -0.4 is 9.80 Å². The van der Waals surface area contributed by atoms with Crippen molar-refractivity contribution in [1.29, 1.82) is 0 Å². The van der Waals surface area contributed by atoms with Crippen LogP contribution in [0.3, 0.4) is 0 Å². The van der Waals surface area contributed by atoms with Gasteiger partial charge in [-0.3, -0.25) is 0 Å². The standard InChI is InChI=1S/C22H24BrN3O2S2.C20H18BrCl2N3O2S2/c1-16-10-17(2)12-18(11-16)13-20-15-29-22(24-20)25-6-8-26(9-7-25)30(27,28)21-5-3-4-19(23)14-21;21-15-2-1-3-19(11-15)30(27,28)26-6-4-25(5-7-26)20-24-18(13-29-20)10-14-8-16(22)12-17(23)9-14/h3-5,10-12,14-15H,6-9,13H2,1-2H3;1-3,8-9,11-13H,4-7,10H2. The summed E-state index contributed by atoms with van der Waals surface area (Å²) >= 11 is 22.1. The van der Waals surface area contributed by atoms with Gasteiger partial charge in [-0.15, -0.1) is 22.7 Å². The maximum Gasteiger partial charge on any atom is 0.243 e. The van der Waals surface area contributed by atoms with Gasteiger partial charge in [-0.2, -0.15) is 8.61 Å². The first-order valence-electron chi connectivity index (χ1n) is 19.0. The van der Waals surface area contributed by atoms with Crippen molar-refractivity contribution < 1.29 is 16.8 Å². The molecule has 0 bridgehead atoms. The Morgan fingerprint density at radius 2 is 0.967 bits per heavy atom. The number of benzene rings is 4. The molecule has 2 fully saturated rings. The molecule has 0 unspecified atom stereocenters. The van der Waals surface area contributed by atoms with E-state index in [2.05, 4.69) is 79.1 Å². The third-order valence-electron chi connectivity index (χ3n) is 9.94. The Morgan fingerprint density at radius 3 is 1.37 bits per heavy atom. The molecule has 316 valence electrons. The van der Waals surface area contributed by atoms with Crippen molar-refractivity contribution in [3.05, 3.63) is 148 Å². The number of anilines is 2. The Kier molecular flexibility index (Phi) is 14.8. The molecule has 8 rings (SSSR count). The van der Waals surface area contributed by atoms with E-state index in [0.29, 0.717) is 78.6 Å². The molecule has 0 atom stereocenters. The fraction of sp³-hybridized carbons (Fsp3) is 0.286. The summed E-state index contributed by atoms with van der Waals surface area (Å²) < 4.78 is 56.2. The van der Waals surface area contributed by atoms with Gasteiger partial charge in [-0.25, -0.2) is 26.8 Å². The molecule has 2 aliphatic rings. The summed E-state index contributed by atoms with van der Waals surface area (Å²) in [6, 6.07) is 25.8. The van der Waals surface area contributed by atoms with Gasteiger partial charge in [0.05, 0.1) is 21.2 Å². The summed E-state index contributed by atoms with van der Waals surface area (Å²) in [5.41, 5.74) is 6.82. The van der Waals surface area contributed by atoms with E-state index in [1.54, 1.807) is 69.4 Å². The predicted octanol–water partition coefficient (Wildman–Crippen LogP) is 9.94. The first-order valence-corrected chi connectivity index (χ1v) is 26.0. The smallest absolute Gasteiger partial charge is 0.243 e.